The first kappa shape index (κ1) is 13.5. The molecule has 2 aromatic rings. The van der Waals surface area contributed by atoms with E-state index in [9.17, 15) is 0 Å². The summed E-state index contributed by atoms with van der Waals surface area (Å²) < 4.78 is 0. The molecule has 1 aliphatic heterocycles. The van der Waals surface area contributed by atoms with Crippen molar-refractivity contribution in [2.24, 2.45) is 0 Å². The zero-order chi connectivity index (χ0) is 13.9. The van der Waals surface area contributed by atoms with E-state index in [0.717, 1.165) is 24.7 Å². The molecule has 1 atom stereocenters. The van der Waals surface area contributed by atoms with Gasteiger partial charge in [0.25, 0.3) is 0 Å². The fourth-order valence-electron chi connectivity index (χ4n) is 2.81. The molecule has 0 spiro atoms. The smallest absolute Gasteiger partial charge is 0.0514 e. The topological polar surface area (TPSA) is 15.3 Å². The van der Waals surface area contributed by atoms with Crippen LogP contribution in [0.25, 0.3) is 0 Å². The maximum absolute atomic E-state index is 5.99. The van der Waals surface area contributed by atoms with E-state index in [4.69, 9.17) is 11.6 Å². The fourth-order valence-corrected chi connectivity index (χ4v) is 2.93. The summed E-state index contributed by atoms with van der Waals surface area (Å²) in [4.78, 5) is 2.47. The van der Waals surface area contributed by atoms with Gasteiger partial charge in [0.05, 0.1) is 6.04 Å². The summed E-state index contributed by atoms with van der Waals surface area (Å²) in [5.74, 6) is 0. The molecule has 0 radical (unpaired) electrons. The predicted octanol–water partition coefficient (Wildman–Crippen LogP) is 4.01. The van der Waals surface area contributed by atoms with Crippen molar-refractivity contribution in [1.82, 2.24) is 5.32 Å². The fraction of sp³-hybridized carbons (Fsp3) is 0.294. The largest absolute Gasteiger partial charge is 0.363 e. The third-order valence-corrected chi connectivity index (χ3v) is 4.22. The van der Waals surface area contributed by atoms with E-state index in [2.05, 4.69) is 53.5 Å². The molecule has 1 heterocycles. The molecule has 1 aliphatic rings. The Morgan fingerprint density at radius 1 is 1.10 bits per heavy atom. The van der Waals surface area contributed by atoms with Crippen molar-refractivity contribution in [2.75, 3.05) is 18.0 Å². The molecule has 20 heavy (non-hydrogen) atoms. The van der Waals surface area contributed by atoms with Crippen molar-refractivity contribution in [3.63, 3.8) is 0 Å². The Labute approximate surface area is 125 Å². The first-order valence-corrected chi connectivity index (χ1v) is 7.44. The van der Waals surface area contributed by atoms with Gasteiger partial charge in [-0.3, -0.25) is 0 Å². The average Bonchev–Trinajstić information content (AvgIpc) is 2.69. The molecule has 104 valence electrons. The van der Waals surface area contributed by atoms with Crippen LogP contribution in [0.5, 0.6) is 0 Å². The van der Waals surface area contributed by atoms with Gasteiger partial charge in [0.1, 0.15) is 0 Å². The van der Waals surface area contributed by atoms with E-state index < -0.39 is 0 Å². The highest BCUT2D eigenvalue weighted by Crippen LogP contribution is 2.31. The second kappa shape index (κ2) is 5.86. The third-order valence-electron chi connectivity index (χ3n) is 3.97. The van der Waals surface area contributed by atoms with Gasteiger partial charge in [-0.2, -0.15) is 0 Å². The number of halogens is 1. The van der Waals surface area contributed by atoms with Crippen LogP contribution < -0.4 is 10.2 Å². The highest BCUT2D eigenvalue weighted by atomic mass is 35.5. The van der Waals surface area contributed by atoms with E-state index in [0.29, 0.717) is 6.04 Å². The standard InChI is InChI=1S/C17H19ClN2/c1-13(14-6-8-16(18)9-7-14)20-11-10-19-12-15-4-2-3-5-17(15)20/h2-9,13,19H,10-12H2,1H3. The summed E-state index contributed by atoms with van der Waals surface area (Å²) in [6, 6.07) is 17.2. The summed E-state index contributed by atoms with van der Waals surface area (Å²) >= 11 is 5.99. The third kappa shape index (κ3) is 2.67. The van der Waals surface area contributed by atoms with Crippen molar-refractivity contribution in [3.8, 4) is 0 Å². The van der Waals surface area contributed by atoms with E-state index in [-0.39, 0.29) is 0 Å². The molecular weight excluding hydrogens is 268 g/mol. The molecule has 1 N–H and O–H groups in total. The highest BCUT2D eigenvalue weighted by Gasteiger charge is 2.20. The van der Waals surface area contributed by atoms with E-state index in [1.165, 1.54) is 16.8 Å². The Bertz CT molecular complexity index is 580. The minimum atomic E-state index is 0.341. The van der Waals surface area contributed by atoms with Crippen LogP contribution in [0.3, 0.4) is 0 Å². The number of fused-ring (bicyclic) bond motifs is 1. The van der Waals surface area contributed by atoms with Crippen LogP contribution in [0.15, 0.2) is 48.5 Å². The summed E-state index contributed by atoms with van der Waals surface area (Å²) in [7, 11) is 0. The maximum atomic E-state index is 5.99. The van der Waals surface area contributed by atoms with Crippen LogP contribution in [0.2, 0.25) is 5.02 Å². The Hall–Kier alpha value is -1.51. The minimum absolute atomic E-state index is 0.341. The molecule has 0 saturated heterocycles. The van der Waals surface area contributed by atoms with Crippen LogP contribution in [0.1, 0.15) is 24.1 Å². The zero-order valence-corrected chi connectivity index (χ0v) is 12.4. The van der Waals surface area contributed by atoms with E-state index in [1.807, 2.05) is 12.1 Å². The van der Waals surface area contributed by atoms with Crippen LogP contribution in [0.4, 0.5) is 5.69 Å². The average molecular weight is 287 g/mol. The lowest BCUT2D eigenvalue weighted by Crippen LogP contribution is -2.31. The Morgan fingerprint density at radius 2 is 1.85 bits per heavy atom. The first-order chi connectivity index (χ1) is 9.75. The number of nitrogens with zero attached hydrogens (tertiary/aromatic N) is 1. The van der Waals surface area contributed by atoms with Crippen molar-refractivity contribution in [3.05, 3.63) is 64.7 Å². The lowest BCUT2D eigenvalue weighted by Gasteiger charge is -2.31. The number of anilines is 1. The van der Waals surface area contributed by atoms with Gasteiger partial charge in [0.2, 0.25) is 0 Å². The second-order valence-corrected chi connectivity index (χ2v) is 5.66. The summed E-state index contributed by atoms with van der Waals surface area (Å²) in [5, 5.41) is 4.28. The molecular formula is C17H19ClN2. The predicted molar refractivity (Wildman–Crippen MR) is 85.4 cm³/mol. The monoisotopic (exact) mass is 286 g/mol. The number of benzene rings is 2. The van der Waals surface area contributed by atoms with Gasteiger partial charge < -0.3 is 10.2 Å². The summed E-state index contributed by atoms with van der Waals surface area (Å²) in [6.45, 7) is 5.22. The number of para-hydroxylation sites is 1. The molecule has 0 aromatic heterocycles. The van der Waals surface area contributed by atoms with Gasteiger partial charge in [-0.1, -0.05) is 41.9 Å². The van der Waals surface area contributed by atoms with E-state index >= 15 is 0 Å². The van der Waals surface area contributed by atoms with Crippen LogP contribution in [-0.4, -0.2) is 13.1 Å². The molecule has 0 bridgehead atoms. The molecule has 2 nitrogen and oxygen atoms in total. The lowest BCUT2D eigenvalue weighted by atomic mass is 10.0. The summed E-state index contributed by atoms with van der Waals surface area (Å²) in [6.07, 6.45) is 0. The van der Waals surface area contributed by atoms with Crippen molar-refractivity contribution in [2.45, 2.75) is 19.5 Å². The first-order valence-electron chi connectivity index (χ1n) is 7.06. The molecule has 3 rings (SSSR count). The number of hydrogen-bond donors (Lipinski definition) is 1. The zero-order valence-electron chi connectivity index (χ0n) is 11.6. The number of rotatable bonds is 2. The van der Waals surface area contributed by atoms with E-state index in [1.54, 1.807) is 0 Å². The second-order valence-electron chi connectivity index (χ2n) is 5.23. The Morgan fingerprint density at radius 3 is 2.65 bits per heavy atom. The lowest BCUT2D eigenvalue weighted by molar-refractivity contribution is 0.639. The molecule has 0 amide bonds. The molecule has 3 heteroatoms. The SMILES string of the molecule is CC(c1ccc(Cl)cc1)N1CCNCc2ccccc21. The highest BCUT2D eigenvalue weighted by molar-refractivity contribution is 6.30. The molecule has 0 fully saturated rings. The normalized spacial score (nSPS) is 16.4. The van der Waals surface area contributed by atoms with Gasteiger partial charge in [-0.15, -0.1) is 0 Å². The van der Waals surface area contributed by atoms with Gasteiger partial charge in [-0.25, -0.2) is 0 Å². The molecule has 0 aliphatic carbocycles. The molecule has 1 unspecified atom stereocenters. The van der Waals surface area contributed by atoms with Crippen LogP contribution >= 0.6 is 11.6 Å². The van der Waals surface area contributed by atoms with Gasteiger partial charge in [0.15, 0.2) is 0 Å². The molecule has 0 saturated carbocycles. The maximum Gasteiger partial charge on any atom is 0.0514 e. The van der Waals surface area contributed by atoms with Gasteiger partial charge in [0, 0.05) is 30.3 Å². The van der Waals surface area contributed by atoms with Crippen LogP contribution in [0, 0.1) is 0 Å². The number of nitrogens with one attached hydrogen (secondary N) is 1. The van der Waals surface area contributed by atoms with Crippen molar-refractivity contribution < 1.29 is 0 Å². The Balaban J connectivity index is 1.94. The quantitative estimate of drug-likeness (QED) is 0.897. The minimum Gasteiger partial charge on any atom is -0.363 e. The number of hydrogen-bond acceptors (Lipinski definition) is 2. The van der Waals surface area contributed by atoms with Crippen molar-refractivity contribution >= 4 is 17.3 Å². The van der Waals surface area contributed by atoms with Crippen molar-refractivity contribution in [1.29, 1.82) is 0 Å². The van der Waals surface area contributed by atoms with Gasteiger partial charge in [-0.05, 0) is 36.2 Å². The molecule has 2 aromatic carbocycles. The van der Waals surface area contributed by atoms with Crippen LogP contribution in [-0.2, 0) is 6.54 Å². The summed E-state index contributed by atoms with van der Waals surface area (Å²) in [5.41, 5.74) is 4.00. The van der Waals surface area contributed by atoms with Gasteiger partial charge >= 0.3 is 0 Å². The Kier molecular flexibility index (Phi) is 3.95.